The highest BCUT2D eigenvalue weighted by Gasteiger charge is 2.18. The van der Waals surface area contributed by atoms with E-state index in [1.807, 2.05) is 6.07 Å². The predicted octanol–water partition coefficient (Wildman–Crippen LogP) is 1.91. The van der Waals surface area contributed by atoms with Gasteiger partial charge in [-0.05, 0) is 51.6 Å². The van der Waals surface area contributed by atoms with Crippen molar-refractivity contribution in [2.45, 2.75) is 32.9 Å². The Morgan fingerprint density at radius 1 is 1.15 bits per heavy atom. The van der Waals surface area contributed by atoms with E-state index in [-0.39, 0.29) is 5.54 Å². The van der Waals surface area contributed by atoms with E-state index in [1.165, 1.54) is 11.3 Å². The van der Waals surface area contributed by atoms with Crippen LogP contribution >= 0.6 is 0 Å². The monoisotopic (exact) mass is 276 g/mol. The highest BCUT2D eigenvalue weighted by molar-refractivity contribution is 5.60. The molecular formula is C16H28N4. The number of nitrogens with one attached hydrogen (secondary N) is 1. The van der Waals surface area contributed by atoms with Crippen molar-refractivity contribution in [1.29, 1.82) is 0 Å². The first-order valence-corrected chi connectivity index (χ1v) is 7.42. The Morgan fingerprint density at radius 2 is 1.80 bits per heavy atom. The minimum absolute atomic E-state index is 0.115. The minimum atomic E-state index is 0.115. The van der Waals surface area contributed by atoms with Gasteiger partial charge in [-0.2, -0.15) is 0 Å². The van der Waals surface area contributed by atoms with Crippen molar-refractivity contribution in [2.24, 2.45) is 0 Å². The molecule has 112 valence electrons. The molecule has 1 aromatic carbocycles. The maximum absolute atomic E-state index is 5.96. The highest BCUT2D eigenvalue weighted by Crippen LogP contribution is 2.24. The van der Waals surface area contributed by atoms with E-state index in [1.54, 1.807) is 0 Å². The number of nitrogens with zero attached hydrogens (tertiary/aromatic N) is 2. The van der Waals surface area contributed by atoms with E-state index in [9.17, 15) is 0 Å². The molecule has 0 aromatic heterocycles. The first kappa shape index (κ1) is 15.1. The van der Waals surface area contributed by atoms with Crippen LogP contribution in [0, 0.1) is 0 Å². The van der Waals surface area contributed by atoms with Crippen molar-refractivity contribution < 1.29 is 0 Å². The quantitative estimate of drug-likeness (QED) is 0.828. The molecule has 4 nitrogen and oxygen atoms in total. The number of nitrogen functional groups attached to an aromatic ring is 1. The van der Waals surface area contributed by atoms with Crippen LogP contribution in [0.5, 0.6) is 0 Å². The lowest BCUT2D eigenvalue weighted by Crippen LogP contribution is -2.45. The summed E-state index contributed by atoms with van der Waals surface area (Å²) in [6.07, 6.45) is 0. The standard InChI is InChI=1S/C16H28N4/c1-16(2,3)18-12-13-11-14(17)5-6-15(13)20-9-7-19(4)8-10-20/h5-6,11,18H,7-10,12,17H2,1-4H3. The molecular weight excluding hydrogens is 248 g/mol. The Bertz CT molecular complexity index is 442. The lowest BCUT2D eigenvalue weighted by Gasteiger charge is -2.35. The molecule has 1 aliphatic heterocycles. The molecule has 0 radical (unpaired) electrons. The van der Waals surface area contributed by atoms with Crippen LogP contribution in [0.3, 0.4) is 0 Å². The summed E-state index contributed by atoms with van der Waals surface area (Å²) in [6.45, 7) is 11.8. The Balaban J connectivity index is 2.15. The van der Waals surface area contributed by atoms with Crippen molar-refractivity contribution in [3.8, 4) is 0 Å². The third-order valence-electron chi connectivity index (χ3n) is 3.76. The van der Waals surface area contributed by atoms with Gasteiger partial charge in [0.2, 0.25) is 0 Å². The summed E-state index contributed by atoms with van der Waals surface area (Å²) >= 11 is 0. The zero-order valence-corrected chi connectivity index (χ0v) is 13.2. The number of piperazine rings is 1. The van der Waals surface area contributed by atoms with Gasteiger partial charge in [0, 0.05) is 49.6 Å². The maximum Gasteiger partial charge on any atom is 0.0414 e. The number of hydrogen-bond acceptors (Lipinski definition) is 4. The molecule has 1 aliphatic rings. The van der Waals surface area contributed by atoms with Gasteiger partial charge in [0.05, 0.1) is 0 Å². The molecule has 4 heteroatoms. The fourth-order valence-electron chi connectivity index (χ4n) is 2.46. The number of rotatable bonds is 3. The van der Waals surface area contributed by atoms with Crippen molar-refractivity contribution in [3.63, 3.8) is 0 Å². The molecule has 0 unspecified atom stereocenters. The van der Waals surface area contributed by atoms with Gasteiger partial charge in [-0.15, -0.1) is 0 Å². The van der Waals surface area contributed by atoms with E-state index in [0.29, 0.717) is 0 Å². The molecule has 0 saturated carbocycles. The topological polar surface area (TPSA) is 44.5 Å². The normalized spacial score (nSPS) is 17.5. The molecule has 3 N–H and O–H groups in total. The molecule has 20 heavy (non-hydrogen) atoms. The van der Waals surface area contributed by atoms with Crippen LogP contribution in [0.15, 0.2) is 18.2 Å². The Hall–Kier alpha value is -1.26. The van der Waals surface area contributed by atoms with Crippen molar-refractivity contribution in [3.05, 3.63) is 23.8 Å². The number of hydrogen-bond donors (Lipinski definition) is 2. The molecule has 0 aliphatic carbocycles. The van der Waals surface area contributed by atoms with Gasteiger partial charge in [-0.1, -0.05) is 0 Å². The van der Waals surface area contributed by atoms with Crippen LogP contribution in [0.2, 0.25) is 0 Å². The third kappa shape index (κ3) is 4.12. The molecule has 1 heterocycles. The van der Waals surface area contributed by atoms with Gasteiger partial charge < -0.3 is 20.9 Å². The summed E-state index contributed by atoms with van der Waals surface area (Å²) in [6, 6.07) is 6.28. The van der Waals surface area contributed by atoms with Crippen LogP contribution in [0.25, 0.3) is 0 Å². The molecule has 0 atom stereocenters. The first-order valence-electron chi connectivity index (χ1n) is 7.42. The second-order valence-electron chi connectivity index (χ2n) is 6.78. The molecule has 0 amide bonds. The zero-order valence-electron chi connectivity index (χ0n) is 13.2. The number of anilines is 2. The lowest BCUT2D eigenvalue weighted by molar-refractivity contribution is 0.312. The Labute approximate surface area is 122 Å². The Kier molecular flexibility index (Phi) is 4.55. The number of nitrogens with two attached hydrogens (primary N) is 1. The van der Waals surface area contributed by atoms with E-state index in [2.05, 4.69) is 55.1 Å². The van der Waals surface area contributed by atoms with Gasteiger partial charge in [0.25, 0.3) is 0 Å². The van der Waals surface area contributed by atoms with Crippen molar-refractivity contribution in [2.75, 3.05) is 43.9 Å². The predicted molar refractivity (Wildman–Crippen MR) is 87.2 cm³/mol. The third-order valence-corrected chi connectivity index (χ3v) is 3.76. The summed E-state index contributed by atoms with van der Waals surface area (Å²) in [7, 11) is 2.18. The van der Waals surface area contributed by atoms with Crippen LogP contribution in [-0.4, -0.2) is 43.7 Å². The summed E-state index contributed by atoms with van der Waals surface area (Å²) < 4.78 is 0. The van der Waals surface area contributed by atoms with E-state index in [0.717, 1.165) is 38.4 Å². The fourth-order valence-corrected chi connectivity index (χ4v) is 2.46. The van der Waals surface area contributed by atoms with Gasteiger partial charge in [0.1, 0.15) is 0 Å². The molecule has 0 spiro atoms. The van der Waals surface area contributed by atoms with E-state index >= 15 is 0 Å². The average Bonchev–Trinajstić information content (AvgIpc) is 2.37. The maximum atomic E-state index is 5.96. The molecule has 1 fully saturated rings. The first-order chi connectivity index (χ1) is 9.35. The van der Waals surface area contributed by atoms with Crippen LogP contribution in [-0.2, 0) is 6.54 Å². The summed E-state index contributed by atoms with van der Waals surface area (Å²) in [4.78, 5) is 4.85. The Morgan fingerprint density at radius 3 is 2.40 bits per heavy atom. The van der Waals surface area contributed by atoms with Crippen molar-refractivity contribution in [1.82, 2.24) is 10.2 Å². The van der Waals surface area contributed by atoms with E-state index in [4.69, 9.17) is 5.73 Å². The van der Waals surface area contributed by atoms with Gasteiger partial charge in [-0.3, -0.25) is 0 Å². The summed E-state index contributed by atoms with van der Waals surface area (Å²) in [5, 5.41) is 3.56. The molecule has 0 bridgehead atoms. The minimum Gasteiger partial charge on any atom is -0.399 e. The lowest BCUT2D eigenvalue weighted by atomic mass is 10.1. The molecule has 1 aromatic rings. The smallest absolute Gasteiger partial charge is 0.0414 e. The van der Waals surface area contributed by atoms with E-state index < -0.39 is 0 Å². The summed E-state index contributed by atoms with van der Waals surface area (Å²) in [5.74, 6) is 0. The highest BCUT2D eigenvalue weighted by atomic mass is 15.2. The summed E-state index contributed by atoms with van der Waals surface area (Å²) in [5.41, 5.74) is 9.54. The SMILES string of the molecule is CN1CCN(c2ccc(N)cc2CNC(C)(C)C)CC1. The molecule has 2 rings (SSSR count). The fraction of sp³-hybridized carbons (Fsp3) is 0.625. The van der Waals surface area contributed by atoms with Gasteiger partial charge >= 0.3 is 0 Å². The second kappa shape index (κ2) is 6.02. The van der Waals surface area contributed by atoms with Crippen LogP contribution in [0.4, 0.5) is 11.4 Å². The van der Waals surface area contributed by atoms with Gasteiger partial charge in [-0.25, -0.2) is 0 Å². The van der Waals surface area contributed by atoms with Crippen LogP contribution < -0.4 is 16.0 Å². The van der Waals surface area contributed by atoms with Crippen molar-refractivity contribution >= 4 is 11.4 Å². The molecule has 1 saturated heterocycles. The van der Waals surface area contributed by atoms with Crippen LogP contribution in [0.1, 0.15) is 26.3 Å². The van der Waals surface area contributed by atoms with Gasteiger partial charge in [0.15, 0.2) is 0 Å². The largest absolute Gasteiger partial charge is 0.399 e. The average molecular weight is 276 g/mol. The zero-order chi connectivity index (χ0) is 14.8. The second-order valence-corrected chi connectivity index (χ2v) is 6.78. The number of likely N-dealkylation sites (N-methyl/N-ethyl adjacent to an activating group) is 1. The number of benzene rings is 1.